The largest absolute Gasteiger partial charge is 0.342 e. The number of carbonyl (C=O) groups excluding carboxylic acids is 2. The smallest absolute Gasteiger partial charge is 0.228 e. The maximum Gasteiger partial charge on any atom is 0.228 e. The van der Waals surface area contributed by atoms with Crippen LogP contribution in [0.5, 0.6) is 0 Å². The van der Waals surface area contributed by atoms with Crippen molar-refractivity contribution in [3.63, 3.8) is 0 Å². The van der Waals surface area contributed by atoms with Gasteiger partial charge in [-0.3, -0.25) is 14.5 Å². The van der Waals surface area contributed by atoms with Gasteiger partial charge in [0.05, 0.1) is 0 Å². The highest BCUT2D eigenvalue weighted by molar-refractivity contribution is 5.95. The van der Waals surface area contributed by atoms with Crippen LogP contribution in [-0.4, -0.2) is 46.3 Å². The topological polar surface area (TPSA) is 66.4 Å². The van der Waals surface area contributed by atoms with Gasteiger partial charge in [-0.1, -0.05) is 32.0 Å². The summed E-state index contributed by atoms with van der Waals surface area (Å²) in [6, 6.07) is 6.67. The highest BCUT2D eigenvalue weighted by Gasteiger charge is 2.33. The predicted octanol–water partition coefficient (Wildman–Crippen LogP) is 3.81. The molecule has 4 rings (SSSR count). The molecular formula is C25H31FN4O2. The third-order valence-corrected chi connectivity index (χ3v) is 6.41. The summed E-state index contributed by atoms with van der Waals surface area (Å²) < 4.78 is 14.1. The van der Waals surface area contributed by atoms with Crippen LogP contribution in [0.3, 0.4) is 0 Å². The summed E-state index contributed by atoms with van der Waals surface area (Å²) in [6.45, 7) is 7.78. The molecule has 0 bridgehead atoms. The lowest BCUT2D eigenvalue weighted by atomic mass is 10.0. The Morgan fingerprint density at radius 1 is 1.22 bits per heavy atom. The molecule has 3 heterocycles. The molecule has 1 unspecified atom stereocenters. The molecule has 2 aliphatic rings. The SMILES string of the molecule is Cc1nc(C2CCN(C(=O)CC(C)C)C2)nc2c1CCC(=O)N2CCc1ccccc1F. The average molecular weight is 439 g/mol. The summed E-state index contributed by atoms with van der Waals surface area (Å²) >= 11 is 0. The number of nitrogens with zero attached hydrogens (tertiary/aromatic N) is 4. The van der Waals surface area contributed by atoms with Gasteiger partial charge in [0.25, 0.3) is 0 Å². The molecule has 0 saturated carbocycles. The number of likely N-dealkylation sites (tertiary alicyclic amines) is 1. The number of hydrogen-bond donors (Lipinski definition) is 0. The third kappa shape index (κ3) is 4.66. The van der Waals surface area contributed by atoms with Crippen molar-refractivity contribution in [1.82, 2.24) is 14.9 Å². The molecule has 1 atom stereocenters. The van der Waals surface area contributed by atoms with Gasteiger partial charge in [-0.25, -0.2) is 14.4 Å². The van der Waals surface area contributed by atoms with E-state index >= 15 is 0 Å². The van der Waals surface area contributed by atoms with Gasteiger partial charge in [0.15, 0.2) is 0 Å². The van der Waals surface area contributed by atoms with Crippen LogP contribution in [0, 0.1) is 18.7 Å². The molecule has 1 fully saturated rings. The van der Waals surface area contributed by atoms with Gasteiger partial charge in [-0.2, -0.15) is 0 Å². The lowest BCUT2D eigenvalue weighted by molar-refractivity contribution is -0.130. The van der Waals surface area contributed by atoms with E-state index in [2.05, 4.69) is 0 Å². The number of fused-ring (bicyclic) bond motifs is 1. The molecule has 0 aliphatic carbocycles. The van der Waals surface area contributed by atoms with Crippen molar-refractivity contribution in [1.29, 1.82) is 0 Å². The molecule has 6 nitrogen and oxygen atoms in total. The van der Waals surface area contributed by atoms with Gasteiger partial charge in [-0.15, -0.1) is 0 Å². The zero-order valence-electron chi connectivity index (χ0n) is 19.1. The summed E-state index contributed by atoms with van der Waals surface area (Å²) in [4.78, 5) is 38.5. The van der Waals surface area contributed by atoms with Gasteiger partial charge >= 0.3 is 0 Å². The zero-order chi connectivity index (χ0) is 22.8. The van der Waals surface area contributed by atoms with E-state index in [0.717, 1.165) is 17.7 Å². The lowest BCUT2D eigenvalue weighted by Crippen LogP contribution is -2.38. The minimum atomic E-state index is -0.256. The Labute approximate surface area is 188 Å². The van der Waals surface area contributed by atoms with Crippen LogP contribution in [0.25, 0.3) is 0 Å². The Morgan fingerprint density at radius 3 is 2.75 bits per heavy atom. The number of aryl methyl sites for hydroxylation is 1. The number of benzene rings is 1. The minimum absolute atomic E-state index is 0.0121. The molecule has 2 aliphatic heterocycles. The monoisotopic (exact) mass is 438 g/mol. The Hall–Kier alpha value is -2.83. The Morgan fingerprint density at radius 2 is 2.00 bits per heavy atom. The number of rotatable bonds is 6. The number of anilines is 1. The molecule has 7 heteroatoms. The summed E-state index contributed by atoms with van der Waals surface area (Å²) in [7, 11) is 0. The van der Waals surface area contributed by atoms with Crippen LogP contribution in [0.1, 0.15) is 61.7 Å². The van der Waals surface area contributed by atoms with E-state index in [4.69, 9.17) is 9.97 Å². The number of amides is 2. The average Bonchev–Trinajstić information content (AvgIpc) is 3.24. The van der Waals surface area contributed by atoms with Gasteiger partial charge in [0.2, 0.25) is 11.8 Å². The highest BCUT2D eigenvalue weighted by Crippen LogP contribution is 2.32. The Kier molecular flexibility index (Phi) is 6.53. The third-order valence-electron chi connectivity index (χ3n) is 6.41. The van der Waals surface area contributed by atoms with Gasteiger partial charge in [0.1, 0.15) is 17.5 Å². The first-order valence-electron chi connectivity index (χ1n) is 11.5. The maximum atomic E-state index is 14.1. The molecule has 170 valence electrons. The molecule has 0 radical (unpaired) electrons. The van der Waals surface area contributed by atoms with E-state index in [0.29, 0.717) is 68.4 Å². The van der Waals surface area contributed by atoms with Gasteiger partial charge < -0.3 is 4.90 Å². The summed E-state index contributed by atoms with van der Waals surface area (Å²) in [5.74, 6) is 1.70. The predicted molar refractivity (Wildman–Crippen MR) is 121 cm³/mol. The molecule has 1 aromatic heterocycles. The molecule has 2 amide bonds. The molecule has 1 saturated heterocycles. The Bertz CT molecular complexity index is 1020. The van der Waals surface area contributed by atoms with E-state index in [1.165, 1.54) is 6.07 Å². The first kappa shape index (κ1) is 22.4. The van der Waals surface area contributed by atoms with E-state index in [1.54, 1.807) is 23.1 Å². The number of halogens is 1. The molecule has 0 N–H and O–H groups in total. The molecule has 1 aromatic carbocycles. The fourth-order valence-corrected chi connectivity index (χ4v) is 4.63. The van der Waals surface area contributed by atoms with Crippen molar-refractivity contribution < 1.29 is 14.0 Å². The minimum Gasteiger partial charge on any atom is -0.342 e. The maximum absolute atomic E-state index is 14.1. The van der Waals surface area contributed by atoms with Crippen LogP contribution in [0.2, 0.25) is 0 Å². The molecular weight excluding hydrogens is 407 g/mol. The second-order valence-corrected chi connectivity index (χ2v) is 9.28. The zero-order valence-corrected chi connectivity index (χ0v) is 19.1. The Balaban J connectivity index is 1.55. The van der Waals surface area contributed by atoms with Crippen molar-refractivity contribution in [3.8, 4) is 0 Å². The van der Waals surface area contributed by atoms with Crippen LogP contribution in [0.4, 0.5) is 10.2 Å². The number of aromatic nitrogens is 2. The second-order valence-electron chi connectivity index (χ2n) is 9.28. The number of hydrogen-bond acceptors (Lipinski definition) is 4. The summed E-state index contributed by atoms with van der Waals surface area (Å²) in [5.41, 5.74) is 2.47. The van der Waals surface area contributed by atoms with Crippen molar-refractivity contribution in [2.45, 2.75) is 58.8 Å². The van der Waals surface area contributed by atoms with Crippen molar-refractivity contribution >= 4 is 17.6 Å². The first-order valence-corrected chi connectivity index (χ1v) is 11.5. The molecule has 32 heavy (non-hydrogen) atoms. The quantitative estimate of drug-likeness (QED) is 0.688. The van der Waals surface area contributed by atoms with E-state index < -0.39 is 0 Å². The molecule has 0 spiro atoms. The van der Waals surface area contributed by atoms with E-state index in [1.807, 2.05) is 25.7 Å². The van der Waals surface area contributed by atoms with Crippen molar-refractivity contribution in [2.24, 2.45) is 5.92 Å². The fraction of sp³-hybridized carbons (Fsp3) is 0.520. The number of carbonyl (C=O) groups is 2. The van der Waals surface area contributed by atoms with Gasteiger partial charge in [0, 0.05) is 49.7 Å². The van der Waals surface area contributed by atoms with Crippen LogP contribution >= 0.6 is 0 Å². The first-order chi connectivity index (χ1) is 15.3. The summed E-state index contributed by atoms with van der Waals surface area (Å²) in [5, 5.41) is 0. The highest BCUT2D eigenvalue weighted by atomic mass is 19.1. The lowest BCUT2D eigenvalue weighted by Gasteiger charge is -2.30. The van der Waals surface area contributed by atoms with E-state index in [9.17, 15) is 14.0 Å². The van der Waals surface area contributed by atoms with Crippen molar-refractivity contribution in [2.75, 3.05) is 24.5 Å². The van der Waals surface area contributed by atoms with Gasteiger partial charge in [-0.05, 0) is 43.7 Å². The molecule has 2 aromatic rings. The second kappa shape index (κ2) is 9.35. The van der Waals surface area contributed by atoms with Crippen molar-refractivity contribution in [3.05, 3.63) is 52.7 Å². The standard InChI is InChI=1S/C25H31FN4O2/c1-16(2)14-23(32)29-12-10-19(15-29)24-27-17(3)20-8-9-22(31)30(25(20)28-24)13-11-18-6-4-5-7-21(18)26/h4-7,16,19H,8-15H2,1-3H3. The van der Waals surface area contributed by atoms with Crippen LogP contribution in [0.15, 0.2) is 24.3 Å². The van der Waals surface area contributed by atoms with E-state index in [-0.39, 0.29) is 23.5 Å². The van der Waals surface area contributed by atoms with Crippen LogP contribution < -0.4 is 4.90 Å². The normalized spacial score (nSPS) is 18.4. The van der Waals surface area contributed by atoms with Crippen LogP contribution in [-0.2, 0) is 22.4 Å². The fourth-order valence-electron chi connectivity index (χ4n) is 4.63. The summed E-state index contributed by atoms with van der Waals surface area (Å²) in [6.07, 6.45) is 2.84.